The van der Waals surface area contributed by atoms with E-state index in [1.165, 1.54) is 71.7 Å². The minimum absolute atomic E-state index is 0.0396. The molecular weight excluding hydrogens is 850 g/mol. The van der Waals surface area contributed by atoms with E-state index in [0.29, 0.717) is 0 Å². The van der Waals surface area contributed by atoms with E-state index in [4.69, 9.17) is 0 Å². The number of benzene rings is 10. The molecule has 2 aliphatic heterocycles. The van der Waals surface area contributed by atoms with Crippen molar-refractivity contribution < 1.29 is 0 Å². The predicted molar refractivity (Wildman–Crippen MR) is 296 cm³/mol. The molecule has 0 unspecified atom stereocenters. The first-order valence-corrected chi connectivity index (χ1v) is 24.2. The second kappa shape index (κ2) is 15.8. The normalized spacial score (nSPS) is 12.1. The fourth-order valence-electron chi connectivity index (χ4n) is 11.8. The number of rotatable bonds is 9. The molecule has 6 heteroatoms. The first-order valence-electron chi connectivity index (χ1n) is 24.2. The Morgan fingerprint density at radius 1 is 0.314 bits per heavy atom. The van der Waals surface area contributed by atoms with Gasteiger partial charge in [-0.05, 0) is 139 Å². The average Bonchev–Trinajstić information content (AvgIpc) is 3.96. The van der Waals surface area contributed by atoms with E-state index >= 15 is 0 Å². The minimum atomic E-state index is -0.0396. The van der Waals surface area contributed by atoms with Crippen LogP contribution in [0.4, 0.5) is 51.2 Å². The van der Waals surface area contributed by atoms with Crippen LogP contribution in [0.2, 0.25) is 0 Å². The number of anilines is 9. The lowest BCUT2D eigenvalue weighted by atomic mass is 9.34. The molecule has 0 N–H and O–H groups in total. The highest BCUT2D eigenvalue weighted by Crippen LogP contribution is 2.47. The van der Waals surface area contributed by atoms with Crippen molar-refractivity contribution in [2.45, 2.75) is 13.8 Å². The SMILES string of the molecule is Cc1cc2c(N(c3ccccc3)c3ccccc3)ccc3c2n1-c1cc(N(c2ccccc2)c2cccc4ccccc24)cc2c1B3c1ccc(N(c3ccccc3)c3ccccc3)c3cc(C)n-2c13. The molecule has 4 heterocycles. The van der Waals surface area contributed by atoms with Crippen LogP contribution in [0.1, 0.15) is 11.4 Å². The van der Waals surface area contributed by atoms with Crippen LogP contribution >= 0.6 is 0 Å². The Balaban J connectivity index is 1.10. The van der Waals surface area contributed by atoms with Crippen molar-refractivity contribution in [1.82, 2.24) is 9.13 Å². The molecule has 10 aromatic carbocycles. The Bertz CT molecular complexity index is 3700. The van der Waals surface area contributed by atoms with Crippen LogP contribution in [0.5, 0.6) is 0 Å². The molecule has 0 saturated carbocycles. The van der Waals surface area contributed by atoms with Gasteiger partial charge in [0.25, 0.3) is 6.71 Å². The number of para-hydroxylation sites is 5. The summed E-state index contributed by atoms with van der Waals surface area (Å²) in [4.78, 5) is 7.31. The van der Waals surface area contributed by atoms with Gasteiger partial charge in [0, 0.05) is 67.4 Å². The molecule has 0 atom stereocenters. The van der Waals surface area contributed by atoms with Gasteiger partial charge >= 0.3 is 0 Å². The summed E-state index contributed by atoms with van der Waals surface area (Å²) in [6.45, 7) is 4.53. The van der Waals surface area contributed by atoms with Crippen molar-refractivity contribution in [2.24, 2.45) is 0 Å². The van der Waals surface area contributed by atoms with Crippen LogP contribution in [0.25, 0.3) is 44.0 Å². The van der Waals surface area contributed by atoms with E-state index in [0.717, 1.165) is 51.2 Å². The summed E-state index contributed by atoms with van der Waals surface area (Å²) in [6.07, 6.45) is 0. The van der Waals surface area contributed by atoms with Crippen LogP contribution < -0.4 is 31.1 Å². The van der Waals surface area contributed by atoms with Crippen LogP contribution in [0.15, 0.2) is 243 Å². The molecule has 0 fully saturated rings. The van der Waals surface area contributed by atoms with Crippen molar-refractivity contribution in [2.75, 3.05) is 14.7 Å². The number of hydrogen-bond acceptors (Lipinski definition) is 3. The van der Waals surface area contributed by atoms with E-state index in [9.17, 15) is 0 Å². The minimum Gasteiger partial charge on any atom is -0.315 e. The second-order valence-electron chi connectivity index (χ2n) is 18.6. The first-order chi connectivity index (χ1) is 34.6. The third kappa shape index (κ3) is 5.99. The van der Waals surface area contributed by atoms with Gasteiger partial charge in [0.2, 0.25) is 0 Å². The fourth-order valence-corrected chi connectivity index (χ4v) is 11.8. The zero-order valence-corrected chi connectivity index (χ0v) is 38.9. The molecule has 14 rings (SSSR count). The van der Waals surface area contributed by atoms with E-state index in [1.54, 1.807) is 0 Å². The number of aromatic nitrogens is 2. The highest BCUT2D eigenvalue weighted by molar-refractivity contribution is 7.00. The van der Waals surface area contributed by atoms with Crippen molar-refractivity contribution in [3.05, 3.63) is 254 Å². The number of fused-ring (bicyclic) bond motifs is 5. The van der Waals surface area contributed by atoms with Gasteiger partial charge in [0.05, 0.1) is 33.8 Å². The molecule has 12 aromatic rings. The lowest BCUT2D eigenvalue weighted by Crippen LogP contribution is -2.59. The summed E-state index contributed by atoms with van der Waals surface area (Å²) in [6, 6.07) is 88.9. The van der Waals surface area contributed by atoms with Crippen molar-refractivity contribution in [1.29, 1.82) is 0 Å². The summed E-state index contributed by atoms with van der Waals surface area (Å²) in [5, 5.41) is 4.85. The lowest BCUT2D eigenvalue weighted by Gasteiger charge is -2.37. The second-order valence-corrected chi connectivity index (χ2v) is 18.6. The molecule has 0 radical (unpaired) electrons. The van der Waals surface area contributed by atoms with E-state index in [1.807, 2.05) is 0 Å². The van der Waals surface area contributed by atoms with Gasteiger partial charge in [-0.1, -0.05) is 140 Å². The Morgan fingerprint density at radius 3 is 1.10 bits per heavy atom. The molecule has 2 aliphatic rings. The highest BCUT2D eigenvalue weighted by Gasteiger charge is 2.42. The van der Waals surface area contributed by atoms with Crippen LogP contribution in [-0.2, 0) is 0 Å². The summed E-state index contributed by atoms with van der Waals surface area (Å²) in [5.74, 6) is 0. The van der Waals surface area contributed by atoms with Crippen LogP contribution in [0, 0.1) is 13.8 Å². The molecule has 70 heavy (non-hydrogen) atoms. The Labute approximate surface area is 408 Å². The molecule has 0 spiro atoms. The maximum absolute atomic E-state index is 2.56. The zero-order chi connectivity index (χ0) is 46.5. The first kappa shape index (κ1) is 40.1. The smallest absolute Gasteiger partial charge is 0.252 e. The monoisotopic (exact) mass is 895 g/mol. The van der Waals surface area contributed by atoms with Gasteiger partial charge < -0.3 is 23.8 Å². The maximum atomic E-state index is 2.56. The fraction of sp³-hybridized carbons (Fsp3) is 0.0312. The summed E-state index contributed by atoms with van der Waals surface area (Å²) < 4.78 is 5.13. The standard InChI is InChI=1S/C64H46BN5/c1-43-39-53-58(68(46-23-8-3-9-24-46)47-25-10-4-11-26-47)37-35-55-63(53)66(43)60-41-51(70(50-31-16-7-17-32-50)57-34-20-22-45-21-18-19-33-52(45)57)42-61-62(60)65(55)56-36-38-59(54-40-44(2)67(61)64(54)56)69(48-27-12-5-13-28-48)49-29-14-6-15-30-49/h3-42H,1-2H3. The average molecular weight is 896 g/mol. The number of nitrogens with zero attached hydrogens (tertiary/aromatic N) is 5. The van der Waals surface area contributed by atoms with Gasteiger partial charge in [-0.2, -0.15) is 0 Å². The number of aryl methyl sites for hydroxylation is 2. The summed E-state index contributed by atoms with van der Waals surface area (Å²) in [5.41, 5.74) is 21.3. The lowest BCUT2D eigenvalue weighted by molar-refractivity contribution is 1.02. The molecule has 0 aliphatic carbocycles. The summed E-state index contributed by atoms with van der Waals surface area (Å²) >= 11 is 0. The van der Waals surface area contributed by atoms with Crippen molar-refractivity contribution in [3.8, 4) is 11.4 Å². The molecule has 5 nitrogen and oxygen atoms in total. The van der Waals surface area contributed by atoms with Crippen LogP contribution in [-0.4, -0.2) is 15.8 Å². The Morgan fingerprint density at radius 2 is 0.671 bits per heavy atom. The predicted octanol–water partition coefficient (Wildman–Crippen LogP) is 14.9. The number of hydrogen-bond donors (Lipinski definition) is 0. The third-order valence-corrected chi connectivity index (χ3v) is 14.6. The molecular formula is C64H46BN5. The Kier molecular flexibility index (Phi) is 9.05. The highest BCUT2D eigenvalue weighted by atomic mass is 15.2. The van der Waals surface area contributed by atoms with Gasteiger partial charge in [-0.3, -0.25) is 0 Å². The molecule has 0 bridgehead atoms. The quantitative estimate of drug-likeness (QED) is 0.135. The van der Waals surface area contributed by atoms with E-state index < -0.39 is 0 Å². The van der Waals surface area contributed by atoms with E-state index in [-0.39, 0.29) is 6.71 Å². The molecule has 2 aromatic heterocycles. The molecule has 0 saturated heterocycles. The zero-order valence-electron chi connectivity index (χ0n) is 38.9. The van der Waals surface area contributed by atoms with Gasteiger partial charge in [-0.15, -0.1) is 0 Å². The largest absolute Gasteiger partial charge is 0.315 e. The van der Waals surface area contributed by atoms with Crippen molar-refractivity contribution in [3.63, 3.8) is 0 Å². The van der Waals surface area contributed by atoms with E-state index in [2.05, 4.69) is 280 Å². The molecule has 0 amide bonds. The third-order valence-electron chi connectivity index (χ3n) is 14.6. The molecule has 330 valence electrons. The van der Waals surface area contributed by atoms with Gasteiger partial charge in [-0.25, -0.2) is 0 Å². The van der Waals surface area contributed by atoms with Gasteiger partial charge in [0.1, 0.15) is 0 Å². The van der Waals surface area contributed by atoms with Gasteiger partial charge in [0.15, 0.2) is 0 Å². The van der Waals surface area contributed by atoms with Crippen molar-refractivity contribution >= 4 is 107 Å². The van der Waals surface area contributed by atoms with Crippen LogP contribution in [0.3, 0.4) is 0 Å². The maximum Gasteiger partial charge on any atom is 0.252 e. The topological polar surface area (TPSA) is 19.6 Å². The Hall–Kier alpha value is -9.00. The summed E-state index contributed by atoms with van der Waals surface area (Å²) in [7, 11) is 0.